The van der Waals surface area contributed by atoms with Crippen LogP contribution in [0.5, 0.6) is 5.75 Å². The minimum absolute atomic E-state index is 0.0555. The Morgan fingerprint density at radius 3 is 2.43 bits per heavy atom. The Morgan fingerprint density at radius 1 is 1.02 bits per heavy atom. The molecule has 9 heteroatoms. The minimum atomic E-state index is -1.55. The first kappa shape index (κ1) is 31.1. The summed E-state index contributed by atoms with van der Waals surface area (Å²) in [6.45, 7) is 6.17. The molecule has 0 spiro atoms. The summed E-state index contributed by atoms with van der Waals surface area (Å²) in [7, 11) is 1.56. The van der Waals surface area contributed by atoms with Crippen LogP contribution >= 0.6 is 11.8 Å². The molecule has 3 aromatic rings. The fraction of sp³-hybridized carbons (Fsp3) is 0.364. The SMILES string of the molecule is COc1cccc(CC(=O)NC(Cc2ccccc2)C(O)C(=O)N2CSC(C)(C)C2C(=O)NCc2ccccc2C)c1. The molecule has 0 aliphatic carbocycles. The van der Waals surface area contributed by atoms with Gasteiger partial charge in [0.1, 0.15) is 11.8 Å². The Labute approximate surface area is 251 Å². The summed E-state index contributed by atoms with van der Waals surface area (Å²) in [5.74, 6) is -0.319. The molecule has 1 fully saturated rings. The Balaban J connectivity index is 1.51. The number of carbonyl (C=O) groups excluding carboxylic acids is 3. The molecule has 42 heavy (non-hydrogen) atoms. The van der Waals surface area contributed by atoms with Gasteiger partial charge in [-0.2, -0.15) is 0 Å². The van der Waals surface area contributed by atoms with E-state index in [-0.39, 0.29) is 30.5 Å². The first-order chi connectivity index (χ1) is 20.1. The van der Waals surface area contributed by atoms with Crippen molar-refractivity contribution in [3.63, 3.8) is 0 Å². The average molecular weight is 590 g/mol. The van der Waals surface area contributed by atoms with E-state index < -0.39 is 28.8 Å². The van der Waals surface area contributed by atoms with Crippen LogP contribution in [0.1, 0.15) is 36.1 Å². The quantitative estimate of drug-likeness (QED) is 0.315. The largest absolute Gasteiger partial charge is 0.497 e. The summed E-state index contributed by atoms with van der Waals surface area (Å²) < 4.78 is 4.69. The number of benzene rings is 3. The summed E-state index contributed by atoms with van der Waals surface area (Å²) >= 11 is 1.48. The molecular weight excluding hydrogens is 550 g/mol. The zero-order valence-electron chi connectivity index (χ0n) is 24.5. The van der Waals surface area contributed by atoms with Gasteiger partial charge in [0.15, 0.2) is 6.10 Å². The van der Waals surface area contributed by atoms with Gasteiger partial charge in [-0.25, -0.2) is 0 Å². The summed E-state index contributed by atoms with van der Waals surface area (Å²) in [5.41, 5.74) is 3.66. The Morgan fingerprint density at radius 2 is 1.71 bits per heavy atom. The number of aliphatic hydroxyl groups excluding tert-OH is 1. The van der Waals surface area contributed by atoms with Gasteiger partial charge < -0.3 is 25.4 Å². The van der Waals surface area contributed by atoms with E-state index in [0.717, 1.165) is 22.3 Å². The highest BCUT2D eigenvalue weighted by Gasteiger charge is 2.49. The number of methoxy groups -OCH3 is 1. The highest BCUT2D eigenvalue weighted by atomic mass is 32.2. The topological polar surface area (TPSA) is 108 Å². The number of ether oxygens (including phenoxy) is 1. The van der Waals surface area contributed by atoms with Gasteiger partial charge in [-0.1, -0.05) is 66.7 Å². The number of rotatable bonds is 11. The third kappa shape index (κ3) is 7.72. The molecule has 0 saturated carbocycles. The zero-order valence-corrected chi connectivity index (χ0v) is 25.3. The minimum Gasteiger partial charge on any atom is -0.497 e. The molecule has 222 valence electrons. The van der Waals surface area contributed by atoms with Gasteiger partial charge in [0.05, 0.1) is 25.4 Å². The molecular formula is C33H39N3O5S. The van der Waals surface area contributed by atoms with Crippen molar-refractivity contribution >= 4 is 29.5 Å². The van der Waals surface area contributed by atoms with Crippen LogP contribution in [0.25, 0.3) is 0 Å². The van der Waals surface area contributed by atoms with E-state index in [1.54, 1.807) is 25.3 Å². The van der Waals surface area contributed by atoms with Crippen molar-refractivity contribution < 1.29 is 24.2 Å². The Hall–Kier alpha value is -3.82. The Bertz CT molecular complexity index is 1400. The molecule has 8 nitrogen and oxygen atoms in total. The van der Waals surface area contributed by atoms with Crippen LogP contribution in [0.3, 0.4) is 0 Å². The number of nitrogens with zero attached hydrogens (tertiary/aromatic N) is 1. The summed E-state index contributed by atoms with van der Waals surface area (Å²) in [6, 6.07) is 22.7. The van der Waals surface area contributed by atoms with Gasteiger partial charge >= 0.3 is 0 Å². The van der Waals surface area contributed by atoms with E-state index in [1.807, 2.05) is 81.4 Å². The van der Waals surface area contributed by atoms with Crippen LogP contribution in [0.2, 0.25) is 0 Å². The predicted octanol–water partition coefficient (Wildman–Crippen LogP) is 3.63. The molecule has 0 radical (unpaired) electrons. The molecule has 1 aliphatic heterocycles. The molecule has 4 rings (SSSR count). The standard InChI is InChI=1S/C33H39N3O5S/c1-22-11-8-9-15-25(22)20-34-31(39)30-33(2,3)42-21-36(30)32(40)29(38)27(18-23-12-6-5-7-13-23)35-28(37)19-24-14-10-16-26(17-24)41-4/h5-17,27,29-30,38H,18-21H2,1-4H3,(H,34,39)(H,35,37). The lowest BCUT2D eigenvalue weighted by Crippen LogP contribution is -2.58. The van der Waals surface area contributed by atoms with Gasteiger partial charge in [-0.15, -0.1) is 11.8 Å². The number of aryl methyl sites for hydroxylation is 1. The highest BCUT2D eigenvalue weighted by Crippen LogP contribution is 2.40. The number of aliphatic hydroxyl groups is 1. The lowest BCUT2D eigenvalue weighted by atomic mass is 9.96. The van der Waals surface area contributed by atoms with Crippen molar-refractivity contribution in [1.29, 1.82) is 0 Å². The number of nitrogens with one attached hydrogen (secondary N) is 2. The molecule has 3 aromatic carbocycles. The molecule has 3 amide bonds. The fourth-order valence-corrected chi connectivity index (χ4v) is 6.32. The van der Waals surface area contributed by atoms with Gasteiger partial charge in [0, 0.05) is 11.3 Å². The van der Waals surface area contributed by atoms with E-state index in [1.165, 1.54) is 16.7 Å². The molecule has 0 aromatic heterocycles. The molecule has 1 saturated heterocycles. The molecule has 0 bridgehead atoms. The van der Waals surface area contributed by atoms with Crippen molar-refractivity contribution in [2.45, 2.75) is 63.1 Å². The van der Waals surface area contributed by atoms with E-state index in [4.69, 9.17) is 4.74 Å². The average Bonchev–Trinajstić information content (AvgIpc) is 3.30. The van der Waals surface area contributed by atoms with Gasteiger partial charge in [-0.05, 0) is 61.6 Å². The van der Waals surface area contributed by atoms with Gasteiger partial charge in [-0.3, -0.25) is 14.4 Å². The summed E-state index contributed by atoms with van der Waals surface area (Å²) in [6.07, 6.45) is -1.26. The predicted molar refractivity (Wildman–Crippen MR) is 165 cm³/mol. The van der Waals surface area contributed by atoms with Crippen molar-refractivity contribution in [1.82, 2.24) is 15.5 Å². The fourth-order valence-electron chi connectivity index (χ4n) is 5.18. The third-order valence-corrected chi connectivity index (χ3v) is 8.94. The second kappa shape index (κ2) is 13.9. The number of hydrogen-bond acceptors (Lipinski definition) is 6. The lowest BCUT2D eigenvalue weighted by Gasteiger charge is -2.33. The molecule has 3 N–H and O–H groups in total. The summed E-state index contributed by atoms with van der Waals surface area (Å²) in [4.78, 5) is 41.9. The molecule has 3 atom stereocenters. The highest BCUT2D eigenvalue weighted by molar-refractivity contribution is 8.00. The van der Waals surface area contributed by atoms with Crippen LogP contribution in [0.4, 0.5) is 0 Å². The zero-order chi connectivity index (χ0) is 30.3. The van der Waals surface area contributed by atoms with Crippen LogP contribution in [0, 0.1) is 6.92 Å². The number of hydrogen-bond donors (Lipinski definition) is 3. The maximum absolute atomic E-state index is 13.8. The summed E-state index contributed by atoms with van der Waals surface area (Å²) in [5, 5.41) is 17.3. The number of thioether (sulfide) groups is 1. The van der Waals surface area contributed by atoms with Crippen molar-refractivity contribution in [3.05, 3.63) is 101 Å². The van der Waals surface area contributed by atoms with E-state index in [0.29, 0.717) is 12.3 Å². The molecule has 1 aliphatic rings. The lowest BCUT2D eigenvalue weighted by molar-refractivity contribution is -0.147. The first-order valence-electron chi connectivity index (χ1n) is 14.0. The monoisotopic (exact) mass is 589 g/mol. The maximum atomic E-state index is 13.8. The van der Waals surface area contributed by atoms with Crippen LogP contribution < -0.4 is 15.4 Å². The Kier molecular flexibility index (Phi) is 10.3. The van der Waals surface area contributed by atoms with E-state index in [9.17, 15) is 19.5 Å². The number of carbonyl (C=O) groups is 3. The molecule has 1 heterocycles. The third-order valence-electron chi connectivity index (χ3n) is 7.57. The van der Waals surface area contributed by atoms with Crippen LogP contribution in [-0.4, -0.2) is 63.6 Å². The van der Waals surface area contributed by atoms with E-state index in [2.05, 4.69) is 10.6 Å². The molecule has 3 unspecified atom stereocenters. The number of amides is 3. The second-order valence-corrected chi connectivity index (χ2v) is 12.7. The maximum Gasteiger partial charge on any atom is 0.254 e. The first-order valence-corrected chi connectivity index (χ1v) is 15.0. The van der Waals surface area contributed by atoms with Gasteiger partial charge in [0.25, 0.3) is 5.91 Å². The van der Waals surface area contributed by atoms with Crippen LogP contribution in [-0.2, 0) is 33.8 Å². The smallest absolute Gasteiger partial charge is 0.254 e. The van der Waals surface area contributed by atoms with Crippen molar-refractivity contribution in [3.8, 4) is 5.75 Å². The van der Waals surface area contributed by atoms with E-state index >= 15 is 0 Å². The van der Waals surface area contributed by atoms with Gasteiger partial charge in [0.2, 0.25) is 11.8 Å². The van der Waals surface area contributed by atoms with Crippen molar-refractivity contribution in [2.75, 3.05) is 13.0 Å². The van der Waals surface area contributed by atoms with Crippen LogP contribution in [0.15, 0.2) is 78.9 Å². The van der Waals surface area contributed by atoms with Crippen molar-refractivity contribution in [2.24, 2.45) is 0 Å². The normalized spacial score (nSPS) is 17.3. The second-order valence-electron chi connectivity index (χ2n) is 11.1.